The molecule has 3 rings (SSSR count). The number of carbonyl (C=O) groups excluding carboxylic acids is 1. The van der Waals surface area contributed by atoms with Crippen LogP contribution >= 0.6 is 11.8 Å². The zero-order valence-corrected chi connectivity index (χ0v) is 18.4. The zero-order valence-electron chi connectivity index (χ0n) is 17.5. The Hall–Kier alpha value is -2.33. The number of hydrogen-bond acceptors (Lipinski definition) is 3. The largest absolute Gasteiger partial charge is 0.287 e. The Morgan fingerprint density at radius 3 is 2.29 bits per heavy atom. The van der Waals surface area contributed by atoms with E-state index < -0.39 is 0 Å². The Balaban J connectivity index is 1.89. The highest BCUT2D eigenvalue weighted by atomic mass is 32.2. The van der Waals surface area contributed by atoms with Gasteiger partial charge in [-0.3, -0.25) is 9.69 Å². The van der Waals surface area contributed by atoms with Crippen molar-refractivity contribution in [3.05, 3.63) is 69.6 Å². The number of carbonyl (C=O) groups is 1. The first kappa shape index (κ1) is 20.4. The lowest BCUT2D eigenvalue weighted by Crippen LogP contribution is -2.28. The first-order chi connectivity index (χ1) is 13.2. The van der Waals surface area contributed by atoms with Crippen LogP contribution in [0, 0.1) is 13.8 Å². The standard InChI is InChI=1S/C24H28N2OS/c1-7-26-22(27)21(15-18-9-11-19(12-10-18)24(4,5)6)28-23(26)25-20-13-8-16(2)17(3)14-20/h8-15H,7H2,1-6H3/b21-15-,25-23?. The maximum absolute atomic E-state index is 12.8. The molecule has 1 aliphatic rings. The van der Waals surface area contributed by atoms with Gasteiger partial charge in [-0.15, -0.1) is 0 Å². The van der Waals surface area contributed by atoms with Crippen molar-refractivity contribution in [2.45, 2.75) is 47.0 Å². The molecule has 1 fully saturated rings. The molecular formula is C24H28N2OS. The van der Waals surface area contributed by atoms with Crippen LogP contribution in [0.25, 0.3) is 6.08 Å². The predicted octanol–water partition coefficient (Wildman–Crippen LogP) is 6.22. The van der Waals surface area contributed by atoms with Gasteiger partial charge in [-0.25, -0.2) is 4.99 Å². The van der Waals surface area contributed by atoms with E-state index in [2.05, 4.69) is 71.0 Å². The molecule has 0 aliphatic carbocycles. The Morgan fingerprint density at radius 2 is 1.71 bits per heavy atom. The maximum Gasteiger partial charge on any atom is 0.266 e. The minimum atomic E-state index is 0.0231. The Morgan fingerprint density at radius 1 is 1.04 bits per heavy atom. The molecule has 4 heteroatoms. The van der Waals surface area contributed by atoms with Gasteiger partial charge < -0.3 is 0 Å². The van der Waals surface area contributed by atoms with Crippen LogP contribution in [-0.2, 0) is 10.2 Å². The van der Waals surface area contributed by atoms with E-state index in [1.54, 1.807) is 4.90 Å². The summed E-state index contributed by atoms with van der Waals surface area (Å²) in [5.41, 5.74) is 5.76. The number of likely N-dealkylation sites (N-methyl/N-ethyl adjacent to an activating group) is 1. The lowest BCUT2D eigenvalue weighted by Gasteiger charge is -2.18. The van der Waals surface area contributed by atoms with Crippen LogP contribution in [0.5, 0.6) is 0 Å². The second-order valence-electron chi connectivity index (χ2n) is 8.20. The Bertz CT molecular complexity index is 950. The molecule has 0 bridgehead atoms. The third-order valence-electron chi connectivity index (χ3n) is 4.99. The molecule has 0 spiro atoms. The number of aryl methyl sites for hydroxylation is 2. The molecule has 0 N–H and O–H groups in total. The van der Waals surface area contributed by atoms with Crippen LogP contribution in [0.1, 0.15) is 49.9 Å². The Labute approximate surface area is 172 Å². The van der Waals surface area contributed by atoms with Gasteiger partial charge in [0.2, 0.25) is 0 Å². The van der Waals surface area contributed by atoms with Crippen molar-refractivity contribution in [3.8, 4) is 0 Å². The maximum atomic E-state index is 12.8. The number of rotatable bonds is 3. The van der Waals surface area contributed by atoms with E-state index in [0.29, 0.717) is 11.4 Å². The topological polar surface area (TPSA) is 32.7 Å². The van der Waals surface area contributed by atoms with Gasteiger partial charge in [0.05, 0.1) is 10.6 Å². The van der Waals surface area contributed by atoms with E-state index in [-0.39, 0.29) is 11.3 Å². The minimum absolute atomic E-state index is 0.0231. The first-order valence-electron chi connectivity index (χ1n) is 9.67. The molecule has 2 aromatic rings. The van der Waals surface area contributed by atoms with E-state index in [9.17, 15) is 4.79 Å². The Kier molecular flexibility index (Phi) is 5.80. The van der Waals surface area contributed by atoms with Crippen molar-refractivity contribution < 1.29 is 4.79 Å². The van der Waals surface area contributed by atoms with E-state index in [1.165, 1.54) is 28.5 Å². The summed E-state index contributed by atoms with van der Waals surface area (Å²) in [7, 11) is 0. The SMILES string of the molecule is CCN1C(=O)/C(=C/c2ccc(C(C)(C)C)cc2)SC1=Nc1ccc(C)c(C)c1. The van der Waals surface area contributed by atoms with Crippen molar-refractivity contribution in [1.29, 1.82) is 0 Å². The highest BCUT2D eigenvalue weighted by Gasteiger charge is 2.32. The fourth-order valence-corrected chi connectivity index (χ4v) is 4.07. The minimum Gasteiger partial charge on any atom is -0.287 e. The molecule has 1 amide bonds. The number of aliphatic imine (C=N–C) groups is 1. The number of benzene rings is 2. The summed E-state index contributed by atoms with van der Waals surface area (Å²) in [6.45, 7) is 13.4. The van der Waals surface area contributed by atoms with E-state index in [0.717, 1.165) is 16.4 Å². The molecular weight excluding hydrogens is 364 g/mol. The molecule has 0 unspecified atom stereocenters. The van der Waals surface area contributed by atoms with Gasteiger partial charge in [0.15, 0.2) is 5.17 Å². The van der Waals surface area contributed by atoms with E-state index in [1.807, 2.05) is 19.1 Å². The normalized spacial score (nSPS) is 17.8. The smallest absolute Gasteiger partial charge is 0.266 e. The fraction of sp³-hybridized carbons (Fsp3) is 0.333. The number of nitrogens with zero attached hydrogens (tertiary/aromatic N) is 2. The lowest BCUT2D eigenvalue weighted by atomic mass is 9.87. The van der Waals surface area contributed by atoms with Crippen molar-refractivity contribution >= 4 is 34.6 Å². The zero-order chi connectivity index (χ0) is 20.5. The van der Waals surface area contributed by atoms with Gasteiger partial charge in [-0.05, 0) is 78.4 Å². The van der Waals surface area contributed by atoms with Gasteiger partial charge in [0.25, 0.3) is 5.91 Å². The van der Waals surface area contributed by atoms with Crippen molar-refractivity contribution in [2.24, 2.45) is 4.99 Å². The summed E-state index contributed by atoms with van der Waals surface area (Å²) < 4.78 is 0. The predicted molar refractivity (Wildman–Crippen MR) is 121 cm³/mol. The average molecular weight is 393 g/mol. The molecule has 0 aromatic heterocycles. The van der Waals surface area contributed by atoms with Crippen LogP contribution in [0.15, 0.2) is 52.4 Å². The van der Waals surface area contributed by atoms with Gasteiger partial charge in [0.1, 0.15) is 0 Å². The number of hydrogen-bond donors (Lipinski definition) is 0. The highest BCUT2D eigenvalue weighted by Crippen LogP contribution is 2.34. The molecule has 0 saturated carbocycles. The second-order valence-corrected chi connectivity index (χ2v) is 9.20. The molecule has 146 valence electrons. The summed E-state index contributed by atoms with van der Waals surface area (Å²) in [5, 5.41) is 0.744. The molecule has 0 atom stereocenters. The van der Waals surface area contributed by atoms with Crippen molar-refractivity contribution in [3.63, 3.8) is 0 Å². The van der Waals surface area contributed by atoms with E-state index >= 15 is 0 Å². The molecule has 28 heavy (non-hydrogen) atoms. The molecule has 1 aliphatic heterocycles. The van der Waals surface area contributed by atoms with Crippen LogP contribution in [0.4, 0.5) is 5.69 Å². The number of amidine groups is 1. The second kappa shape index (κ2) is 7.96. The van der Waals surface area contributed by atoms with Crippen LogP contribution in [-0.4, -0.2) is 22.5 Å². The molecule has 1 heterocycles. The first-order valence-corrected chi connectivity index (χ1v) is 10.5. The fourth-order valence-electron chi connectivity index (χ4n) is 3.01. The molecule has 0 radical (unpaired) electrons. The van der Waals surface area contributed by atoms with Crippen molar-refractivity contribution in [2.75, 3.05) is 6.54 Å². The van der Waals surface area contributed by atoms with Crippen LogP contribution in [0.2, 0.25) is 0 Å². The molecule has 2 aromatic carbocycles. The van der Waals surface area contributed by atoms with Gasteiger partial charge >= 0.3 is 0 Å². The van der Waals surface area contributed by atoms with E-state index in [4.69, 9.17) is 4.99 Å². The summed E-state index contributed by atoms with van der Waals surface area (Å²) >= 11 is 1.45. The average Bonchev–Trinajstić information content (AvgIpc) is 2.92. The number of amides is 1. The third-order valence-corrected chi connectivity index (χ3v) is 6.00. The quantitative estimate of drug-likeness (QED) is 0.580. The van der Waals surface area contributed by atoms with Crippen LogP contribution < -0.4 is 0 Å². The van der Waals surface area contributed by atoms with Gasteiger partial charge in [-0.1, -0.05) is 51.1 Å². The number of thioether (sulfide) groups is 1. The summed E-state index contributed by atoms with van der Waals surface area (Å²) in [5.74, 6) is 0.0231. The third kappa shape index (κ3) is 4.39. The van der Waals surface area contributed by atoms with Gasteiger partial charge in [0, 0.05) is 6.54 Å². The van der Waals surface area contributed by atoms with Gasteiger partial charge in [-0.2, -0.15) is 0 Å². The monoisotopic (exact) mass is 392 g/mol. The highest BCUT2D eigenvalue weighted by molar-refractivity contribution is 8.18. The molecule has 1 saturated heterocycles. The summed E-state index contributed by atoms with van der Waals surface area (Å²) in [4.78, 5) is 20.1. The van der Waals surface area contributed by atoms with Crippen molar-refractivity contribution in [1.82, 2.24) is 4.90 Å². The summed E-state index contributed by atoms with van der Waals surface area (Å²) in [6, 6.07) is 14.6. The summed E-state index contributed by atoms with van der Waals surface area (Å²) in [6.07, 6.45) is 1.96. The molecule has 3 nitrogen and oxygen atoms in total. The van der Waals surface area contributed by atoms with Crippen LogP contribution in [0.3, 0.4) is 0 Å². The lowest BCUT2D eigenvalue weighted by molar-refractivity contribution is -0.122.